The maximum Gasteiger partial charge on any atom is 0.135 e. The van der Waals surface area contributed by atoms with E-state index in [-0.39, 0.29) is 5.41 Å². The van der Waals surface area contributed by atoms with E-state index in [4.69, 9.17) is 4.42 Å². The highest BCUT2D eigenvalue weighted by atomic mass is 32.2. The Bertz CT molecular complexity index is 3030. The van der Waals surface area contributed by atoms with E-state index in [0.717, 1.165) is 39.0 Å². The number of para-hydroxylation sites is 1. The highest BCUT2D eigenvalue weighted by Gasteiger charge is 2.50. The fourth-order valence-electron chi connectivity index (χ4n) is 10.1. The van der Waals surface area contributed by atoms with E-state index in [0.29, 0.717) is 0 Å². The molecule has 1 aliphatic heterocycles. The van der Waals surface area contributed by atoms with Crippen molar-refractivity contribution in [3.8, 4) is 22.3 Å². The van der Waals surface area contributed by atoms with Gasteiger partial charge < -0.3 is 9.32 Å². The van der Waals surface area contributed by atoms with E-state index < -0.39 is 5.41 Å². The van der Waals surface area contributed by atoms with Crippen LogP contribution in [0.2, 0.25) is 0 Å². The molecule has 55 heavy (non-hydrogen) atoms. The summed E-state index contributed by atoms with van der Waals surface area (Å²) in [7, 11) is 0. The lowest BCUT2D eigenvalue weighted by Gasteiger charge is -2.40. The van der Waals surface area contributed by atoms with Gasteiger partial charge in [0.25, 0.3) is 0 Å². The average Bonchev–Trinajstić information content (AvgIpc) is 3.82. The Labute approximate surface area is 324 Å². The largest absolute Gasteiger partial charge is 0.456 e. The number of furan rings is 1. The molecule has 2 aliphatic carbocycles. The minimum Gasteiger partial charge on any atom is -0.456 e. The molecule has 2 heterocycles. The summed E-state index contributed by atoms with van der Waals surface area (Å²) in [5, 5.41) is 2.24. The van der Waals surface area contributed by atoms with Gasteiger partial charge in [0, 0.05) is 43.0 Å². The van der Waals surface area contributed by atoms with Gasteiger partial charge in [0.15, 0.2) is 0 Å². The first-order valence-corrected chi connectivity index (χ1v) is 19.9. The molecule has 3 heteroatoms. The second kappa shape index (κ2) is 11.1. The molecule has 1 spiro atoms. The lowest BCUT2D eigenvalue weighted by atomic mass is 9.67. The molecule has 0 radical (unpaired) electrons. The van der Waals surface area contributed by atoms with E-state index in [1.807, 2.05) is 17.8 Å². The maximum atomic E-state index is 6.34. The molecule has 3 aliphatic rings. The summed E-state index contributed by atoms with van der Waals surface area (Å²) in [5.41, 5.74) is 17.9. The first kappa shape index (κ1) is 31.1. The van der Waals surface area contributed by atoms with Crippen LogP contribution in [0.4, 0.5) is 17.1 Å². The van der Waals surface area contributed by atoms with Crippen molar-refractivity contribution in [2.45, 2.75) is 34.5 Å². The molecule has 0 saturated heterocycles. The van der Waals surface area contributed by atoms with Gasteiger partial charge in [-0.25, -0.2) is 0 Å². The minimum atomic E-state index is -0.460. The second-order valence-electron chi connectivity index (χ2n) is 15.6. The zero-order valence-corrected chi connectivity index (χ0v) is 31.3. The first-order valence-electron chi connectivity index (χ1n) is 19.1. The summed E-state index contributed by atoms with van der Waals surface area (Å²) in [4.78, 5) is 5.08. The van der Waals surface area contributed by atoms with Crippen LogP contribution >= 0.6 is 11.8 Å². The number of rotatable bonds is 3. The first-order chi connectivity index (χ1) is 27.0. The molecule has 0 atom stereocenters. The second-order valence-corrected chi connectivity index (χ2v) is 16.7. The topological polar surface area (TPSA) is 16.4 Å². The average molecular weight is 722 g/mol. The van der Waals surface area contributed by atoms with Crippen molar-refractivity contribution in [3.63, 3.8) is 0 Å². The van der Waals surface area contributed by atoms with Gasteiger partial charge in [-0.1, -0.05) is 141 Å². The quantitative estimate of drug-likeness (QED) is 0.181. The smallest absolute Gasteiger partial charge is 0.135 e. The summed E-state index contributed by atoms with van der Waals surface area (Å²) < 4.78 is 6.34. The Morgan fingerprint density at radius 2 is 0.891 bits per heavy atom. The van der Waals surface area contributed by atoms with Gasteiger partial charge in [0.1, 0.15) is 11.2 Å². The zero-order chi connectivity index (χ0) is 36.5. The maximum absolute atomic E-state index is 6.34. The van der Waals surface area contributed by atoms with Crippen molar-refractivity contribution < 1.29 is 4.42 Å². The van der Waals surface area contributed by atoms with Crippen molar-refractivity contribution in [1.29, 1.82) is 0 Å². The van der Waals surface area contributed by atoms with Gasteiger partial charge in [-0.15, -0.1) is 0 Å². The summed E-state index contributed by atoms with van der Waals surface area (Å²) in [6, 6.07) is 65.3. The molecule has 9 aromatic rings. The molecule has 0 amide bonds. The van der Waals surface area contributed by atoms with Gasteiger partial charge in [-0.05, 0) is 116 Å². The van der Waals surface area contributed by atoms with Crippen LogP contribution in [0.5, 0.6) is 0 Å². The molecule has 260 valence electrons. The molecule has 12 rings (SSSR count). The van der Waals surface area contributed by atoms with Crippen LogP contribution in [0.1, 0.15) is 47.2 Å². The van der Waals surface area contributed by atoms with Crippen LogP contribution in [0.3, 0.4) is 0 Å². The minimum absolute atomic E-state index is 0.130. The number of hydrogen-bond acceptors (Lipinski definition) is 3. The van der Waals surface area contributed by atoms with Crippen LogP contribution < -0.4 is 4.90 Å². The van der Waals surface area contributed by atoms with Gasteiger partial charge in [0.05, 0.1) is 5.41 Å². The van der Waals surface area contributed by atoms with Crippen molar-refractivity contribution >= 4 is 50.8 Å². The Morgan fingerprint density at radius 3 is 1.62 bits per heavy atom. The highest BCUT2D eigenvalue weighted by molar-refractivity contribution is 7.99. The summed E-state index contributed by atoms with van der Waals surface area (Å²) in [6.45, 7) is 4.73. The molecule has 0 saturated carbocycles. The zero-order valence-electron chi connectivity index (χ0n) is 30.5. The number of hydrogen-bond donors (Lipinski definition) is 0. The number of fused-ring (bicyclic) bond motifs is 15. The molecule has 0 N–H and O–H groups in total. The molecule has 0 unspecified atom stereocenters. The van der Waals surface area contributed by atoms with Crippen molar-refractivity contribution in [2.75, 3.05) is 4.90 Å². The predicted octanol–water partition coefficient (Wildman–Crippen LogP) is 14.2. The Balaban J connectivity index is 1.14. The third kappa shape index (κ3) is 4.11. The number of nitrogens with zero attached hydrogens (tertiary/aromatic N) is 1. The molecule has 1 aromatic heterocycles. The summed E-state index contributed by atoms with van der Waals surface area (Å²) in [5.74, 6) is 0. The predicted molar refractivity (Wildman–Crippen MR) is 227 cm³/mol. The third-order valence-electron chi connectivity index (χ3n) is 12.5. The van der Waals surface area contributed by atoms with E-state index in [9.17, 15) is 0 Å². The number of benzene rings is 8. The monoisotopic (exact) mass is 721 g/mol. The van der Waals surface area contributed by atoms with Gasteiger partial charge in [-0.2, -0.15) is 0 Å². The van der Waals surface area contributed by atoms with Crippen molar-refractivity contribution in [3.05, 3.63) is 209 Å². The summed E-state index contributed by atoms with van der Waals surface area (Å²) >= 11 is 1.89. The van der Waals surface area contributed by atoms with Gasteiger partial charge in [-0.3, -0.25) is 0 Å². The molecular formula is C52H35NOS. The normalized spacial score (nSPS) is 14.9. The Morgan fingerprint density at radius 1 is 0.400 bits per heavy atom. The van der Waals surface area contributed by atoms with Crippen LogP contribution in [0, 0.1) is 0 Å². The standard InChI is InChI=1S/C52H35NOS/c1-51(2)41-16-6-3-13-35(41)37-26-23-33(30-45(37)51)53(32-25-28-48-40(29-32)39-15-5-10-20-47(39)54-48)34-24-27-38-36-14-4-7-17-42(36)52(46(38)31-34)43-18-8-11-21-49(43)55-50-22-12-9-19-44(50)52/h3-31H,1-2H3. The Hall–Kier alpha value is -6.29. The van der Waals surface area contributed by atoms with Crippen LogP contribution in [0.25, 0.3) is 44.2 Å². The fraction of sp³-hybridized carbons (Fsp3) is 0.0769. The van der Waals surface area contributed by atoms with Crippen molar-refractivity contribution in [1.82, 2.24) is 0 Å². The van der Waals surface area contributed by atoms with Gasteiger partial charge in [0.2, 0.25) is 0 Å². The van der Waals surface area contributed by atoms with Gasteiger partial charge >= 0.3 is 0 Å². The third-order valence-corrected chi connectivity index (χ3v) is 13.7. The molecule has 8 aromatic carbocycles. The van der Waals surface area contributed by atoms with Crippen LogP contribution in [-0.2, 0) is 10.8 Å². The molecule has 0 fully saturated rings. The SMILES string of the molecule is CC1(C)c2ccccc2-c2ccc(N(c3ccc4c(c3)C3(c5ccccc5Sc5ccccc53)c3ccccc3-4)c3ccc4oc5ccccc5c4c3)cc21. The van der Waals surface area contributed by atoms with E-state index in [1.54, 1.807) is 0 Å². The highest BCUT2D eigenvalue weighted by Crippen LogP contribution is 2.63. The Kier molecular flexibility index (Phi) is 6.29. The van der Waals surface area contributed by atoms with Crippen LogP contribution in [-0.4, -0.2) is 0 Å². The van der Waals surface area contributed by atoms with Crippen molar-refractivity contribution in [2.24, 2.45) is 0 Å². The molecule has 2 nitrogen and oxygen atoms in total. The number of anilines is 3. The molecular weight excluding hydrogens is 687 g/mol. The van der Waals surface area contributed by atoms with Crippen LogP contribution in [0.15, 0.2) is 190 Å². The van der Waals surface area contributed by atoms with E-state index >= 15 is 0 Å². The lowest BCUT2D eigenvalue weighted by molar-refractivity contribution is 0.660. The summed E-state index contributed by atoms with van der Waals surface area (Å²) in [6.07, 6.45) is 0. The van der Waals surface area contributed by atoms with E-state index in [1.165, 1.54) is 65.4 Å². The molecule has 0 bridgehead atoms. The lowest BCUT2D eigenvalue weighted by Crippen LogP contribution is -2.32. The fourth-order valence-corrected chi connectivity index (χ4v) is 11.3. The van der Waals surface area contributed by atoms with E-state index in [2.05, 4.69) is 189 Å².